The van der Waals surface area contributed by atoms with Crippen LogP contribution >= 0.6 is 15.9 Å². The minimum absolute atomic E-state index is 0.457. The van der Waals surface area contributed by atoms with E-state index in [0.29, 0.717) is 13.0 Å². The smallest absolute Gasteiger partial charge is 0.140 e. The van der Waals surface area contributed by atoms with E-state index < -0.39 is 0 Å². The topological polar surface area (TPSA) is 53.7 Å². The van der Waals surface area contributed by atoms with E-state index >= 15 is 0 Å². The fraction of sp³-hybridized carbons (Fsp3) is 0.500. The summed E-state index contributed by atoms with van der Waals surface area (Å²) in [5.41, 5.74) is 2.19. The summed E-state index contributed by atoms with van der Waals surface area (Å²) in [5, 5.41) is 0. The van der Waals surface area contributed by atoms with Crippen LogP contribution in [0.25, 0.3) is 0 Å². The van der Waals surface area contributed by atoms with Gasteiger partial charge in [0.15, 0.2) is 0 Å². The van der Waals surface area contributed by atoms with Crippen LogP contribution in [0, 0.1) is 0 Å². The van der Waals surface area contributed by atoms with Crippen molar-refractivity contribution in [2.75, 3.05) is 20.8 Å². The second-order valence-electron chi connectivity index (χ2n) is 3.55. The maximum atomic E-state index is 5.39. The van der Waals surface area contributed by atoms with E-state index in [1.165, 1.54) is 0 Å². The molecule has 0 fully saturated rings. The molecule has 0 unspecified atom stereocenters. The maximum absolute atomic E-state index is 5.39. The molecule has 0 radical (unpaired) electrons. The third kappa shape index (κ3) is 3.12. The maximum Gasteiger partial charge on any atom is 0.140 e. The first-order chi connectivity index (χ1) is 8.19. The van der Waals surface area contributed by atoms with E-state index in [2.05, 4.69) is 33.8 Å². The molecule has 1 aromatic carbocycles. The molecule has 0 aliphatic carbocycles. The summed E-state index contributed by atoms with van der Waals surface area (Å²) in [4.78, 5) is 4.61. The number of halogens is 1. The number of nitrogens with two attached hydrogens (primary N) is 1. The van der Waals surface area contributed by atoms with Crippen LogP contribution in [0.1, 0.15) is 18.1 Å². The number of rotatable bonds is 6. The Hall–Kier alpha value is -0.780. The zero-order valence-electron chi connectivity index (χ0n) is 10.4. The number of hydrogen-bond acceptors (Lipinski definition) is 4. The molecule has 0 aliphatic heterocycles. The lowest BCUT2D eigenvalue weighted by Crippen LogP contribution is -2.06. The monoisotopic (exact) mass is 303 g/mol. The van der Waals surface area contributed by atoms with Crippen molar-refractivity contribution >= 4 is 15.9 Å². The van der Waals surface area contributed by atoms with Gasteiger partial charge in [-0.05, 0) is 39.5 Å². The van der Waals surface area contributed by atoms with Crippen molar-refractivity contribution in [2.24, 2.45) is 5.90 Å². The lowest BCUT2D eigenvalue weighted by molar-refractivity contribution is 0.140. The van der Waals surface area contributed by atoms with Gasteiger partial charge in [0, 0.05) is 6.42 Å². The number of ether oxygens (including phenoxy) is 2. The quantitative estimate of drug-likeness (QED) is 0.820. The van der Waals surface area contributed by atoms with E-state index in [1.807, 2.05) is 0 Å². The van der Waals surface area contributed by atoms with Gasteiger partial charge < -0.3 is 14.3 Å². The molecule has 5 heteroatoms. The summed E-state index contributed by atoms with van der Waals surface area (Å²) < 4.78 is 11.6. The molecule has 0 spiro atoms. The Morgan fingerprint density at radius 3 is 2.24 bits per heavy atom. The van der Waals surface area contributed by atoms with Gasteiger partial charge in [-0.2, -0.15) is 0 Å². The van der Waals surface area contributed by atoms with E-state index in [1.54, 1.807) is 14.2 Å². The summed E-state index contributed by atoms with van der Waals surface area (Å²) in [6.07, 6.45) is 1.59. The molecule has 4 nitrogen and oxygen atoms in total. The Morgan fingerprint density at radius 1 is 1.18 bits per heavy atom. The zero-order valence-corrected chi connectivity index (χ0v) is 12.0. The molecule has 1 rings (SSSR count). The lowest BCUT2D eigenvalue weighted by Gasteiger charge is -2.16. The lowest BCUT2D eigenvalue weighted by atomic mass is 10.0. The molecule has 1 aromatic rings. The van der Waals surface area contributed by atoms with Gasteiger partial charge in [0.2, 0.25) is 0 Å². The standard InChI is InChI=1S/C12H18BrNO3/c1-4-8-7-9(5-6-17-14)12(16-3)10(13)11(8)15-2/h7H,4-6,14H2,1-3H3. The highest BCUT2D eigenvalue weighted by molar-refractivity contribution is 9.10. The van der Waals surface area contributed by atoms with Crippen molar-refractivity contribution in [3.05, 3.63) is 21.7 Å². The van der Waals surface area contributed by atoms with E-state index in [4.69, 9.17) is 15.4 Å². The van der Waals surface area contributed by atoms with Crippen LogP contribution in [-0.4, -0.2) is 20.8 Å². The van der Waals surface area contributed by atoms with Gasteiger partial charge in [-0.1, -0.05) is 6.92 Å². The van der Waals surface area contributed by atoms with Gasteiger partial charge in [-0.3, -0.25) is 0 Å². The van der Waals surface area contributed by atoms with Gasteiger partial charge in [-0.15, -0.1) is 0 Å². The van der Waals surface area contributed by atoms with Crippen molar-refractivity contribution in [1.29, 1.82) is 0 Å². The predicted molar refractivity (Wildman–Crippen MR) is 70.5 cm³/mol. The number of aryl methyl sites for hydroxylation is 1. The predicted octanol–water partition coefficient (Wildman–Crippen LogP) is 2.46. The average Bonchev–Trinajstić information content (AvgIpc) is 2.35. The Kier molecular flexibility index (Phi) is 5.74. The minimum atomic E-state index is 0.457. The second-order valence-corrected chi connectivity index (χ2v) is 4.34. The third-order valence-corrected chi connectivity index (χ3v) is 3.33. The van der Waals surface area contributed by atoms with Crippen molar-refractivity contribution < 1.29 is 14.3 Å². The summed E-state index contributed by atoms with van der Waals surface area (Å²) in [6.45, 7) is 2.54. The highest BCUT2D eigenvalue weighted by Crippen LogP contribution is 2.40. The average molecular weight is 304 g/mol. The highest BCUT2D eigenvalue weighted by atomic mass is 79.9. The van der Waals surface area contributed by atoms with Crippen LogP contribution in [-0.2, 0) is 17.7 Å². The van der Waals surface area contributed by atoms with Crippen molar-refractivity contribution in [1.82, 2.24) is 0 Å². The molecule has 0 aromatic heterocycles. The molecule has 0 aliphatic rings. The molecule has 0 atom stereocenters. The molecule has 17 heavy (non-hydrogen) atoms. The van der Waals surface area contributed by atoms with Gasteiger partial charge in [0.1, 0.15) is 16.0 Å². The normalized spacial score (nSPS) is 10.4. The highest BCUT2D eigenvalue weighted by Gasteiger charge is 2.16. The van der Waals surface area contributed by atoms with Crippen LogP contribution in [0.2, 0.25) is 0 Å². The molecule has 0 saturated heterocycles. The third-order valence-electron chi connectivity index (χ3n) is 2.61. The van der Waals surface area contributed by atoms with Crippen LogP contribution < -0.4 is 15.4 Å². The first kappa shape index (κ1) is 14.3. The van der Waals surface area contributed by atoms with Gasteiger partial charge >= 0.3 is 0 Å². The Bertz CT molecular complexity index is 383. The van der Waals surface area contributed by atoms with Gasteiger partial charge in [-0.25, -0.2) is 5.90 Å². The van der Waals surface area contributed by atoms with Crippen molar-refractivity contribution in [3.63, 3.8) is 0 Å². The fourth-order valence-electron chi connectivity index (χ4n) is 1.79. The van der Waals surface area contributed by atoms with Crippen molar-refractivity contribution in [3.8, 4) is 11.5 Å². The Balaban J connectivity index is 3.24. The van der Waals surface area contributed by atoms with Gasteiger partial charge in [0.05, 0.1) is 20.8 Å². The fourth-order valence-corrected chi connectivity index (χ4v) is 2.62. The van der Waals surface area contributed by atoms with Gasteiger partial charge in [0.25, 0.3) is 0 Å². The molecule has 0 bridgehead atoms. The van der Waals surface area contributed by atoms with Crippen LogP contribution in [0.3, 0.4) is 0 Å². The first-order valence-electron chi connectivity index (χ1n) is 5.43. The zero-order chi connectivity index (χ0) is 12.8. The van der Waals surface area contributed by atoms with Crippen LogP contribution in [0.5, 0.6) is 11.5 Å². The number of hydrogen-bond donors (Lipinski definition) is 1. The molecular weight excluding hydrogens is 286 g/mol. The first-order valence-corrected chi connectivity index (χ1v) is 6.22. The molecule has 0 heterocycles. The molecule has 0 saturated carbocycles. The summed E-state index contributed by atoms with van der Waals surface area (Å²) in [6, 6.07) is 2.07. The second kappa shape index (κ2) is 6.83. The molecule has 0 amide bonds. The van der Waals surface area contributed by atoms with Crippen LogP contribution in [0.15, 0.2) is 10.5 Å². The van der Waals surface area contributed by atoms with E-state index in [9.17, 15) is 0 Å². The Morgan fingerprint density at radius 2 is 1.76 bits per heavy atom. The number of benzene rings is 1. The Labute approximate surface area is 110 Å². The van der Waals surface area contributed by atoms with E-state index in [-0.39, 0.29) is 0 Å². The van der Waals surface area contributed by atoms with E-state index in [0.717, 1.165) is 33.5 Å². The van der Waals surface area contributed by atoms with Crippen molar-refractivity contribution in [2.45, 2.75) is 19.8 Å². The van der Waals surface area contributed by atoms with Crippen LogP contribution in [0.4, 0.5) is 0 Å². The largest absolute Gasteiger partial charge is 0.495 e. The SMILES string of the molecule is CCc1cc(CCON)c(OC)c(Br)c1OC. The molecular formula is C12H18BrNO3. The minimum Gasteiger partial charge on any atom is -0.495 e. The molecule has 2 N–H and O–H groups in total. The molecule has 96 valence electrons. The summed E-state index contributed by atoms with van der Waals surface area (Å²) in [5.74, 6) is 6.65. The number of methoxy groups -OCH3 is 2. The summed E-state index contributed by atoms with van der Waals surface area (Å²) >= 11 is 3.51. The summed E-state index contributed by atoms with van der Waals surface area (Å²) in [7, 11) is 3.29.